The maximum atomic E-state index is 6.43. The molecule has 0 saturated carbocycles. The Kier molecular flexibility index (Phi) is 9.13. The highest BCUT2D eigenvalue weighted by Gasteiger charge is 2.27. The van der Waals surface area contributed by atoms with E-state index in [9.17, 15) is 0 Å². The SMILES string of the molecule is C=C(C)C#CC(O[Si](C(C)C)C(C)C)C(C)CCC. The van der Waals surface area contributed by atoms with E-state index in [1.807, 2.05) is 6.92 Å². The summed E-state index contributed by atoms with van der Waals surface area (Å²) in [6, 6.07) is 0. The molecule has 0 aliphatic rings. The highest BCUT2D eigenvalue weighted by atomic mass is 28.3. The third-order valence-electron chi connectivity index (χ3n) is 3.09. The maximum Gasteiger partial charge on any atom is 0.218 e. The van der Waals surface area contributed by atoms with Gasteiger partial charge in [0.05, 0.1) is 0 Å². The van der Waals surface area contributed by atoms with Crippen molar-refractivity contribution in [3.8, 4) is 11.8 Å². The molecule has 0 aromatic heterocycles. The molecule has 2 unspecified atom stereocenters. The Bertz CT molecular complexity index is 314. The molecular formula is C17H31OSi. The normalized spacial score (nSPS) is 14.4. The lowest BCUT2D eigenvalue weighted by Gasteiger charge is -2.29. The molecule has 0 rings (SSSR count). The van der Waals surface area contributed by atoms with Gasteiger partial charge in [0.25, 0.3) is 0 Å². The highest BCUT2D eigenvalue weighted by Crippen LogP contribution is 2.25. The number of rotatable bonds is 7. The van der Waals surface area contributed by atoms with Gasteiger partial charge in [-0.25, -0.2) is 0 Å². The largest absolute Gasteiger partial charge is 0.402 e. The molecule has 0 bridgehead atoms. The summed E-state index contributed by atoms with van der Waals surface area (Å²) >= 11 is 0. The van der Waals surface area contributed by atoms with E-state index in [0.29, 0.717) is 17.0 Å². The quantitative estimate of drug-likeness (QED) is 0.460. The summed E-state index contributed by atoms with van der Waals surface area (Å²) in [5.74, 6) is 6.91. The van der Waals surface area contributed by atoms with E-state index in [1.54, 1.807) is 0 Å². The molecule has 109 valence electrons. The topological polar surface area (TPSA) is 9.23 Å². The van der Waals surface area contributed by atoms with Gasteiger partial charge in [-0.05, 0) is 35.9 Å². The Morgan fingerprint density at radius 2 is 1.68 bits per heavy atom. The zero-order valence-electron chi connectivity index (χ0n) is 13.8. The van der Waals surface area contributed by atoms with Gasteiger partial charge in [-0.1, -0.05) is 66.4 Å². The summed E-state index contributed by atoms with van der Waals surface area (Å²) in [7, 11) is -0.819. The fraction of sp³-hybridized carbons (Fsp3) is 0.765. The highest BCUT2D eigenvalue weighted by molar-refractivity contribution is 6.55. The lowest BCUT2D eigenvalue weighted by molar-refractivity contribution is 0.182. The molecule has 1 nitrogen and oxygen atoms in total. The minimum atomic E-state index is -0.819. The molecule has 0 fully saturated rings. The Balaban J connectivity index is 4.93. The van der Waals surface area contributed by atoms with Gasteiger partial charge < -0.3 is 4.43 Å². The van der Waals surface area contributed by atoms with Gasteiger partial charge in [-0.3, -0.25) is 0 Å². The molecule has 0 aliphatic heterocycles. The summed E-state index contributed by atoms with van der Waals surface area (Å²) in [6.45, 7) is 19.3. The van der Waals surface area contributed by atoms with Crippen molar-refractivity contribution < 1.29 is 4.43 Å². The van der Waals surface area contributed by atoms with Crippen LogP contribution in [0.5, 0.6) is 0 Å². The molecule has 2 atom stereocenters. The van der Waals surface area contributed by atoms with Gasteiger partial charge in [0.1, 0.15) is 6.10 Å². The van der Waals surface area contributed by atoms with Gasteiger partial charge in [-0.2, -0.15) is 0 Å². The predicted molar refractivity (Wildman–Crippen MR) is 87.5 cm³/mol. The molecule has 19 heavy (non-hydrogen) atoms. The zero-order chi connectivity index (χ0) is 15.0. The average Bonchev–Trinajstić information content (AvgIpc) is 2.27. The van der Waals surface area contributed by atoms with Crippen LogP contribution in [0, 0.1) is 17.8 Å². The lowest BCUT2D eigenvalue weighted by Crippen LogP contribution is -2.33. The lowest BCUT2D eigenvalue weighted by atomic mass is 10.00. The first-order valence-corrected chi connectivity index (χ1v) is 9.06. The van der Waals surface area contributed by atoms with Crippen molar-refractivity contribution >= 4 is 9.04 Å². The molecule has 1 radical (unpaired) electrons. The van der Waals surface area contributed by atoms with Gasteiger partial charge in [0.15, 0.2) is 0 Å². The molecule has 0 aromatic rings. The Morgan fingerprint density at radius 3 is 2.05 bits per heavy atom. The fourth-order valence-electron chi connectivity index (χ4n) is 2.17. The van der Waals surface area contributed by atoms with Crippen LogP contribution in [0.25, 0.3) is 0 Å². The number of allylic oxidation sites excluding steroid dienone is 1. The number of hydrogen-bond acceptors (Lipinski definition) is 1. The molecule has 2 heteroatoms. The van der Waals surface area contributed by atoms with Crippen LogP contribution in [0.3, 0.4) is 0 Å². The molecular weight excluding hydrogens is 248 g/mol. The van der Waals surface area contributed by atoms with Crippen LogP contribution in [0.1, 0.15) is 61.3 Å². The van der Waals surface area contributed by atoms with Crippen LogP contribution in [-0.4, -0.2) is 15.1 Å². The Hall–Kier alpha value is -0.523. The monoisotopic (exact) mass is 279 g/mol. The van der Waals surface area contributed by atoms with Crippen LogP contribution in [0.4, 0.5) is 0 Å². The third kappa shape index (κ3) is 7.60. The van der Waals surface area contributed by atoms with Crippen molar-refractivity contribution in [3.05, 3.63) is 12.2 Å². The average molecular weight is 280 g/mol. The summed E-state index contributed by atoms with van der Waals surface area (Å²) < 4.78 is 6.43. The summed E-state index contributed by atoms with van der Waals surface area (Å²) in [4.78, 5) is 0. The van der Waals surface area contributed by atoms with Crippen LogP contribution >= 0.6 is 0 Å². The first kappa shape index (κ1) is 18.5. The van der Waals surface area contributed by atoms with E-state index < -0.39 is 9.04 Å². The summed E-state index contributed by atoms with van der Waals surface area (Å²) in [5, 5.41) is 0. The molecule has 0 saturated heterocycles. The van der Waals surface area contributed by atoms with Crippen molar-refractivity contribution in [3.63, 3.8) is 0 Å². The van der Waals surface area contributed by atoms with Crippen LogP contribution < -0.4 is 0 Å². The van der Waals surface area contributed by atoms with Crippen molar-refractivity contribution in [2.75, 3.05) is 0 Å². The second kappa shape index (κ2) is 9.39. The van der Waals surface area contributed by atoms with Crippen molar-refractivity contribution in [1.82, 2.24) is 0 Å². The van der Waals surface area contributed by atoms with E-state index in [1.165, 1.54) is 12.8 Å². The number of hydrogen-bond donors (Lipinski definition) is 0. The van der Waals surface area contributed by atoms with E-state index in [-0.39, 0.29) is 6.10 Å². The minimum absolute atomic E-state index is 0.0651. The van der Waals surface area contributed by atoms with E-state index in [4.69, 9.17) is 4.43 Å². The molecule has 0 N–H and O–H groups in total. The van der Waals surface area contributed by atoms with Crippen LogP contribution in [0.15, 0.2) is 12.2 Å². The van der Waals surface area contributed by atoms with Crippen LogP contribution in [0.2, 0.25) is 11.1 Å². The van der Waals surface area contributed by atoms with E-state index in [2.05, 4.69) is 60.0 Å². The fourth-order valence-corrected chi connectivity index (χ4v) is 4.64. The Labute approximate surface area is 122 Å². The molecule has 0 heterocycles. The molecule has 0 spiro atoms. The molecule has 0 aliphatic carbocycles. The van der Waals surface area contributed by atoms with Gasteiger partial charge >= 0.3 is 0 Å². The summed E-state index contributed by atoms with van der Waals surface area (Å²) in [6.07, 6.45) is 2.41. The minimum Gasteiger partial charge on any atom is -0.402 e. The van der Waals surface area contributed by atoms with Crippen LogP contribution in [-0.2, 0) is 4.43 Å². The first-order chi connectivity index (χ1) is 8.79. The standard InChI is InChI=1S/C17H31OSi/c1-9-10-16(8)17(12-11-13(2)3)18-19(14(4)5)15(6)7/h14-17H,2,9-10H2,1,3-8H3. The summed E-state index contributed by atoms with van der Waals surface area (Å²) in [5.41, 5.74) is 2.15. The zero-order valence-corrected chi connectivity index (χ0v) is 14.8. The second-order valence-electron chi connectivity index (χ2n) is 6.07. The molecule has 0 amide bonds. The van der Waals surface area contributed by atoms with Crippen molar-refractivity contribution in [2.45, 2.75) is 78.5 Å². The van der Waals surface area contributed by atoms with E-state index in [0.717, 1.165) is 5.57 Å². The molecule has 0 aromatic carbocycles. The Morgan fingerprint density at radius 1 is 1.16 bits per heavy atom. The van der Waals surface area contributed by atoms with E-state index >= 15 is 0 Å². The third-order valence-corrected chi connectivity index (χ3v) is 5.89. The van der Waals surface area contributed by atoms with Crippen molar-refractivity contribution in [1.29, 1.82) is 0 Å². The van der Waals surface area contributed by atoms with Gasteiger partial charge in [0.2, 0.25) is 9.04 Å². The maximum absolute atomic E-state index is 6.43. The van der Waals surface area contributed by atoms with Gasteiger partial charge in [-0.15, -0.1) is 0 Å². The first-order valence-electron chi connectivity index (χ1n) is 7.49. The smallest absolute Gasteiger partial charge is 0.218 e. The van der Waals surface area contributed by atoms with Crippen molar-refractivity contribution in [2.24, 2.45) is 5.92 Å². The van der Waals surface area contributed by atoms with Gasteiger partial charge in [0, 0.05) is 0 Å². The predicted octanol–water partition coefficient (Wildman–Crippen LogP) is 5.20. The second-order valence-corrected chi connectivity index (χ2v) is 9.42.